The highest BCUT2D eigenvalue weighted by atomic mass is 32.2. The van der Waals surface area contributed by atoms with E-state index in [1.165, 1.54) is 47.8 Å². The number of hydrogen-bond donors (Lipinski definition) is 1. The first-order chi connectivity index (χ1) is 12.1. The zero-order valence-electron chi connectivity index (χ0n) is 14.4. The molecule has 1 saturated heterocycles. The molecule has 6 nitrogen and oxygen atoms in total. The number of nitrogens with zero attached hydrogens (tertiary/aromatic N) is 2. The van der Waals surface area contributed by atoms with Crippen LogP contribution in [0, 0.1) is 5.92 Å². The standard InChI is InChI=1S/C18H25N3O3S/c22-18(20-19-14-15-6-2-1-3-7-15)16-8-10-17(11-9-16)25(23,24)21-12-4-5-13-21/h8-11,14-15H,1-7,12-13H2,(H,20,22)/b19-14-. The third-order valence-electron chi connectivity index (χ3n) is 4.92. The van der Waals surface area contributed by atoms with Gasteiger partial charge in [0.25, 0.3) is 5.91 Å². The third-order valence-corrected chi connectivity index (χ3v) is 6.83. The molecule has 1 saturated carbocycles. The zero-order chi connectivity index (χ0) is 17.7. The van der Waals surface area contributed by atoms with Crippen molar-refractivity contribution in [3.8, 4) is 0 Å². The molecular weight excluding hydrogens is 338 g/mol. The molecule has 1 aliphatic carbocycles. The van der Waals surface area contributed by atoms with Crippen LogP contribution in [0.5, 0.6) is 0 Å². The molecule has 1 heterocycles. The maximum atomic E-state index is 12.5. The van der Waals surface area contributed by atoms with Crippen LogP contribution >= 0.6 is 0 Å². The Morgan fingerprint density at radius 2 is 1.68 bits per heavy atom. The predicted molar refractivity (Wildman–Crippen MR) is 97.0 cm³/mol. The van der Waals surface area contributed by atoms with Gasteiger partial charge in [0.1, 0.15) is 0 Å². The fourth-order valence-electron chi connectivity index (χ4n) is 3.40. The second-order valence-corrected chi connectivity index (χ2v) is 8.69. The van der Waals surface area contributed by atoms with Crippen LogP contribution in [-0.2, 0) is 10.0 Å². The Kier molecular flexibility index (Phi) is 5.86. The van der Waals surface area contributed by atoms with E-state index in [1.807, 2.05) is 6.21 Å². The van der Waals surface area contributed by atoms with Crippen molar-refractivity contribution < 1.29 is 13.2 Å². The predicted octanol–water partition coefficient (Wildman–Crippen LogP) is 2.77. The van der Waals surface area contributed by atoms with Crippen molar-refractivity contribution in [2.24, 2.45) is 11.0 Å². The molecule has 2 fully saturated rings. The van der Waals surface area contributed by atoms with Gasteiger partial charge in [-0.3, -0.25) is 4.79 Å². The fourth-order valence-corrected chi connectivity index (χ4v) is 4.92. The number of carbonyl (C=O) groups is 1. The summed E-state index contributed by atoms with van der Waals surface area (Å²) in [5.41, 5.74) is 2.93. The van der Waals surface area contributed by atoms with E-state index < -0.39 is 10.0 Å². The summed E-state index contributed by atoms with van der Waals surface area (Å²) in [6.07, 6.45) is 9.60. The molecule has 2 aliphatic rings. The zero-order valence-corrected chi connectivity index (χ0v) is 15.2. The maximum Gasteiger partial charge on any atom is 0.271 e. The molecule has 1 amide bonds. The van der Waals surface area contributed by atoms with E-state index in [4.69, 9.17) is 0 Å². The van der Waals surface area contributed by atoms with Gasteiger partial charge in [0.2, 0.25) is 10.0 Å². The summed E-state index contributed by atoms with van der Waals surface area (Å²) in [4.78, 5) is 12.4. The van der Waals surface area contributed by atoms with Gasteiger partial charge in [-0.1, -0.05) is 19.3 Å². The lowest BCUT2D eigenvalue weighted by Crippen LogP contribution is -2.28. The molecule has 0 aromatic heterocycles. The average molecular weight is 363 g/mol. The number of amides is 1. The Hall–Kier alpha value is -1.73. The molecular formula is C18H25N3O3S. The quantitative estimate of drug-likeness (QED) is 0.645. The van der Waals surface area contributed by atoms with Crippen LogP contribution in [0.4, 0.5) is 0 Å². The van der Waals surface area contributed by atoms with Gasteiger partial charge in [-0.05, 0) is 55.9 Å². The topological polar surface area (TPSA) is 78.8 Å². The molecule has 1 aliphatic heterocycles. The van der Waals surface area contributed by atoms with Crippen molar-refractivity contribution in [2.45, 2.75) is 49.8 Å². The summed E-state index contributed by atoms with van der Waals surface area (Å²) in [5, 5.41) is 4.05. The van der Waals surface area contributed by atoms with Gasteiger partial charge in [0, 0.05) is 24.9 Å². The van der Waals surface area contributed by atoms with Crippen LogP contribution < -0.4 is 5.43 Å². The molecule has 1 aromatic rings. The largest absolute Gasteiger partial charge is 0.271 e. The van der Waals surface area contributed by atoms with E-state index in [0.29, 0.717) is 24.6 Å². The van der Waals surface area contributed by atoms with Crippen LogP contribution in [0.15, 0.2) is 34.3 Å². The highest BCUT2D eigenvalue weighted by Crippen LogP contribution is 2.22. The van der Waals surface area contributed by atoms with Gasteiger partial charge in [0.05, 0.1) is 4.90 Å². The summed E-state index contributed by atoms with van der Waals surface area (Å²) in [6.45, 7) is 1.14. The van der Waals surface area contributed by atoms with E-state index in [2.05, 4.69) is 10.5 Å². The van der Waals surface area contributed by atoms with E-state index >= 15 is 0 Å². The molecule has 136 valence electrons. The normalized spacial score (nSPS) is 20.2. The average Bonchev–Trinajstić information content (AvgIpc) is 3.18. The third kappa shape index (κ3) is 4.46. The minimum atomic E-state index is -3.44. The maximum absolute atomic E-state index is 12.5. The van der Waals surface area contributed by atoms with Gasteiger partial charge in [0.15, 0.2) is 0 Å². The molecule has 25 heavy (non-hydrogen) atoms. The number of rotatable bonds is 5. The Bertz CT molecular complexity index is 716. The second-order valence-electron chi connectivity index (χ2n) is 6.75. The molecule has 0 spiro atoms. The smallest absolute Gasteiger partial charge is 0.267 e. The van der Waals surface area contributed by atoms with Gasteiger partial charge in [-0.2, -0.15) is 9.41 Å². The van der Waals surface area contributed by atoms with Crippen molar-refractivity contribution in [3.63, 3.8) is 0 Å². The fraction of sp³-hybridized carbons (Fsp3) is 0.556. The van der Waals surface area contributed by atoms with Gasteiger partial charge < -0.3 is 0 Å². The lowest BCUT2D eigenvalue weighted by Gasteiger charge is -2.16. The molecule has 1 aromatic carbocycles. The first kappa shape index (κ1) is 18.1. The lowest BCUT2D eigenvalue weighted by atomic mass is 9.90. The van der Waals surface area contributed by atoms with Crippen LogP contribution in [-0.4, -0.2) is 37.9 Å². The van der Waals surface area contributed by atoms with Crippen LogP contribution in [0.2, 0.25) is 0 Å². The summed E-state index contributed by atoms with van der Waals surface area (Å²) < 4.78 is 26.4. The Labute approximate surface area is 149 Å². The Morgan fingerprint density at radius 3 is 2.32 bits per heavy atom. The van der Waals surface area contributed by atoms with Crippen LogP contribution in [0.3, 0.4) is 0 Å². The van der Waals surface area contributed by atoms with Crippen LogP contribution in [0.1, 0.15) is 55.3 Å². The molecule has 0 radical (unpaired) electrons. The number of carbonyl (C=O) groups excluding carboxylic acids is 1. The van der Waals surface area contributed by atoms with Gasteiger partial charge >= 0.3 is 0 Å². The van der Waals surface area contributed by atoms with Crippen LogP contribution in [0.25, 0.3) is 0 Å². The first-order valence-corrected chi connectivity index (χ1v) is 10.4. The molecule has 0 bridgehead atoms. The highest BCUT2D eigenvalue weighted by Gasteiger charge is 2.27. The Balaban J connectivity index is 1.59. The highest BCUT2D eigenvalue weighted by molar-refractivity contribution is 7.89. The number of sulfonamides is 1. The van der Waals surface area contributed by atoms with Crippen molar-refractivity contribution in [1.82, 2.24) is 9.73 Å². The molecule has 7 heteroatoms. The lowest BCUT2D eigenvalue weighted by molar-refractivity contribution is 0.0954. The van der Waals surface area contributed by atoms with E-state index in [1.54, 1.807) is 0 Å². The number of hydrazone groups is 1. The number of benzene rings is 1. The molecule has 3 rings (SSSR count). The summed E-state index contributed by atoms with van der Waals surface area (Å²) in [7, 11) is -3.44. The van der Waals surface area contributed by atoms with Gasteiger partial charge in [-0.15, -0.1) is 0 Å². The van der Waals surface area contributed by atoms with Crippen molar-refractivity contribution >= 4 is 22.1 Å². The Morgan fingerprint density at radius 1 is 1.04 bits per heavy atom. The van der Waals surface area contributed by atoms with E-state index in [9.17, 15) is 13.2 Å². The minimum absolute atomic E-state index is 0.233. The van der Waals surface area contributed by atoms with E-state index in [-0.39, 0.29) is 10.8 Å². The summed E-state index contributed by atoms with van der Waals surface area (Å²) >= 11 is 0. The molecule has 0 unspecified atom stereocenters. The van der Waals surface area contributed by atoms with Crippen molar-refractivity contribution in [3.05, 3.63) is 29.8 Å². The first-order valence-electron chi connectivity index (χ1n) is 9.01. The monoisotopic (exact) mass is 363 g/mol. The van der Waals surface area contributed by atoms with Crippen molar-refractivity contribution in [2.75, 3.05) is 13.1 Å². The number of hydrogen-bond acceptors (Lipinski definition) is 4. The van der Waals surface area contributed by atoms with Gasteiger partial charge in [-0.25, -0.2) is 13.8 Å². The second kappa shape index (κ2) is 8.10. The SMILES string of the molecule is O=C(N/N=C\C1CCCCC1)c1ccc(S(=O)(=O)N2CCCC2)cc1. The molecule has 0 atom stereocenters. The van der Waals surface area contributed by atoms with E-state index in [0.717, 1.165) is 25.7 Å². The molecule has 1 N–H and O–H groups in total. The summed E-state index contributed by atoms with van der Waals surface area (Å²) in [5.74, 6) is 0.124. The number of nitrogens with one attached hydrogen (secondary N) is 1. The van der Waals surface area contributed by atoms with Crippen molar-refractivity contribution in [1.29, 1.82) is 0 Å². The minimum Gasteiger partial charge on any atom is -0.267 e. The summed E-state index contributed by atoms with van der Waals surface area (Å²) in [6, 6.07) is 6.06.